The summed E-state index contributed by atoms with van der Waals surface area (Å²) in [5.41, 5.74) is 4.71. The average Bonchev–Trinajstić information content (AvgIpc) is 3.10. The first kappa shape index (κ1) is 23.1. The summed E-state index contributed by atoms with van der Waals surface area (Å²) in [5.74, 6) is 0.533. The van der Waals surface area contributed by atoms with Gasteiger partial charge in [0.25, 0.3) is 5.91 Å². The maximum atomic E-state index is 13.4. The molecule has 0 bridgehead atoms. The number of benzene rings is 3. The van der Waals surface area contributed by atoms with Crippen LogP contribution in [0.15, 0.2) is 76.6 Å². The number of hydrogen-bond donors (Lipinski definition) is 0. The van der Waals surface area contributed by atoms with Gasteiger partial charge in [-0.25, -0.2) is 4.99 Å². The van der Waals surface area contributed by atoms with Crippen molar-refractivity contribution in [3.05, 3.63) is 93.3 Å². The van der Waals surface area contributed by atoms with Gasteiger partial charge in [0.1, 0.15) is 5.75 Å². The van der Waals surface area contributed by atoms with Crippen LogP contribution < -0.4 is 9.64 Å². The fourth-order valence-electron chi connectivity index (χ4n) is 3.29. The van der Waals surface area contributed by atoms with Gasteiger partial charge in [0.2, 0.25) is 0 Å². The van der Waals surface area contributed by atoms with Crippen LogP contribution in [0.2, 0.25) is 5.02 Å². The number of carbonyl (C=O) groups is 1. The Morgan fingerprint density at radius 3 is 2.30 bits per heavy atom. The molecule has 1 saturated heterocycles. The zero-order valence-electron chi connectivity index (χ0n) is 18.8. The molecule has 4 rings (SSSR count). The zero-order chi connectivity index (χ0) is 23.4. The van der Waals surface area contributed by atoms with Crippen LogP contribution in [-0.2, 0) is 4.79 Å². The molecule has 168 valence electrons. The van der Waals surface area contributed by atoms with Crippen molar-refractivity contribution < 1.29 is 9.53 Å². The molecule has 0 aromatic heterocycles. The smallest absolute Gasteiger partial charge is 0.271 e. The summed E-state index contributed by atoms with van der Waals surface area (Å²) in [6, 6.07) is 21.4. The molecule has 0 radical (unpaired) electrons. The summed E-state index contributed by atoms with van der Waals surface area (Å²) in [6.07, 6.45) is 2.76. The highest BCUT2D eigenvalue weighted by Crippen LogP contribution is 2.38. The largest absolute Gasteiger partial charge is 0.492 e. The number of aryl methyl sites for hydroxylation is 2. The molecule has 0 atom stereocenters. The summed E-state index contributed by atoms with van der Waals surface area (Å²) < 4.78 is 5.66. The van der Waals surface area contributed by atoms with E-state index >= 15 is 0 Å². The Morgan fingerprint density at radius 1 is 1.00 bits per heavy atom. The maximum Gasteiger partial charge on any atom is 0.271 e. The SMILES string of the molecule is CCCOc1ccc(/C=C2\SC(=Nc3ccc(C)cc3)N(c3ccc(C)cc3)C2=O)cc1Cl. The molecule has 3 aromatic rings. The first-order valence-corrected chi connectivity index (χ1v) is 12.0. The van der Waals surface area contributed by atoms with Gasteiger partial charge >= 0.3 is 0 Å². The monoisotopic (exact) mass is 476 g/mol. The van der Waals surface area contributed by atoms with Crippen molar-refractivity contribution in [1.82, 2.24) is 0 Å². The number of nitrogens with zero attached hydrogens (tertiary/aromatic N) is 2. The summed E-state index contributed by atoms with van der Waals surface area (Å²) >= 11 is 7.75. The summed E-state index contributed by atoms with van der Waals surface area (Å²) in [4.78, 5) is 20.5. The number of rotatable bonds is 6. The van der Waals surface area contributed by atoms with Gasteiger partial charge in [0.05, 0.1) is 27.9 Å². The van der Waals surface area contributed by atoms with E-state index in [0.717, 1.165) is 34.5 Å². The highest BCUT2D eigenvalue weighted by atomic mass is 35.5. The lowest BCUT2D eigenvalue weighted by atomic mass is 10.2. The van der Waals surface area contributed by atoms with Crippen LogP contribution in [0.1, 0.15) is 30.0 Å². The maximum absolute atomic E-state index is 13.4. The molecular weight excluding hydrogens is 452 g/mol. The van der Waals surface area contributed by atoms with Crippen molar-refractivity contribution in [2.45, 2.75) is 27.2 Å². The van der Waals surface area contributed by atoms with Gasteiger partial charge in [-0.2, -0.15) is 0 Å². The van der Waals surface area contributed by atoms with E-state index in [0.29, 0.717) is 27.5 Å². The Morgan fingerprint density at radius 2 is 1.67 bits per heavy atom. The van der Waals surface area contributed by atoms with Crippen molar-refractivity contribution in [2.24, 2.45) is 4.99 Å². The number of hydrogen-bond acceptors (Lipinski definition) is 4. The van der Waals surface area contributed by atoms with Crippen molar-refractivity contribution >= 4 is 51.9 Å². The molecule has 4 nitrogen and oxygen atoms in total. The summed E-state index contributed by atoms with van der Waals surface area (Å²) in [6.45, 7) is 6.71. The molecule has 1 amide bonds. The van der Waals surface area contributed by atoms with E-state index in [-0.39, 0.29) is 5.91 Å². The van der Waals surface area contributed by atoms with Crippen molar-refractivity contribution in [2.75, 3.05) is 11.5 Å². The third kappa shape index (κ3) is 5.49. The fraction of sp³-hybridized carbons (Fsp3) is 0.185. The first-order valence-electron chi connectivity index (χ1n) is 10.8. The Bertz CT molecular complexity index is 1220. The van der Waals surface area contributed by atoms with Gasteiger partial charge < -0.3 is 4.74 Å². The standard InChI is InChI=1S/C27H25ClN2O2S/c1-4-15-32-24-14-9-20(16-23(24)28)17-25-26(31)30(22-12-7-19(3)8-13-22)27(33-25)29-21-10-5-18(2)6-11-21/h5-14,16-17H,4,15H2,1-3H3/b25-17-,29-27?. The van der Waals surface area contributed by atoms with E-state index < -0.39 is 0 Å². The number of amides is 1. The Labute approximate surface area is 203 Å². The van der Waals surface area contributed by atoms with Crippen molar-refractivity contribution in [1.29, 1.82) is 0 Å². The highest BCUT2D eigenvalue weighted by molar-refractivity contribution is 8.19. The van der Waals surface area contributed by atoms with E-state index in [9.17, 15) is 4.79 Å². The summed E-state index contributed by atoms with van der Waals surface area (Å²) in [5, 5.41) is 1.14. The summed E-state index contributed by atoms with van der Waals surface area (Å²) in [7, 11) is 0. The number of aliphatic imine (C=N–C) groups is 1. The van der Waals surface area contributed by atoms with E-state index in [1.54, 1.807) is 4.90 Å². The fourth-order valence-corrected chi connectivity index (χ4v) is 4.53. The predicted molar refractivity (Wildman–Crippen MR) is 140 cm³/mol. The second-order valence-corrected chi connectivity index (χ2v) is 9.27. The molecule has 3 aromatic carbocycles. The molecule has 1 aliphatic rings. The number of halogens is 1. The predicted octanol–water partition coefficient (Wildman–Crippen LogP) is 7.55. The zero-order valence-corrected chi connectivity index (χ0v) is 20.4. The van der Waals surface area contributed by atoms with Crippen LogP contribution in [0.5, 0.6) is 5.75 Å². The van der Waals surface area contributed by atoms with Crippen LogP contribution >= 0.6 is 23.4 Å². The van der Waals surface area contributed by atoms with Crippen LogP contribution in [0, 0.1) is 13.8 Å². The molecule has 1 fully saturated rings. The molecule has 0 saturated carbocycles. The van der Waals surface area contributed by atoms with Crippen LogP contribution in [0.25, 0.3) is 6.08 Å². The van der Waals surface area contributed by atoms with Gasteiger partial charge in [0, 0.05) is 0 Å². The third-order valence-corrected chi connectivity index (χ3v) is 6.34. The van der Waals surface area contributed by atoms with Crippen LogP contribution in [-0.4, -0.2) is 17.7 Å². The minimum absolute atomic E-state index is 0.114. The van der Waals surface area contributed by atoms with Crippen molar-refractivity contribution in [3.8, 4) is 5.75 Å². The molecule has 1 heterocycles. The number of anilines is 1. The molecule has 0 aliphatic carbocycles. The highest BCUT2D eigenvalue weighted by Gasteiger charge is 2.34. The quantitative estimate of drug-likeness (QED) is 0.345. The lowest BCUT2D eigenvalue weighted by Gasteiger charge is -2.16. The Balaban J connectivity index is 1.70. The van der Waals surface area contributed by atoms with Gasteiger partial charge in [-0.05, 0) is 80.1 Å². The molecule has 0 N–H and O–H groups in total. The van der Waals surface area contributed by atoms with Crippen LogP contribution in [0.3, 0.4) is 0 Å². The number of amidine groups is 1. The Kier molecular flexibility index (Phi) is 7.21. The number of thioether (sulfide) groups is 1. The minimum Gasteiger partial charge on any atom is -0.492 e. The molecule has 6 heteroatoms. The number of carbonyl (C=O) groups excluding carboxylic acids is 1. The second kappa shape index (κ2) is 10.3. The normalized spacial score (nSPS) is 16.1. The van der Waals surface area contributed by atoms with E-state index in [2.05, 4.69) is 0 Å². The second-order valence-electron chi connectivity index (χ2n) is 7.86. The van der Waals surface area contributed by atoms with E-state index in [1.807, 2.05) is 93.6 Å². The first-order chi connectivity index (χ1) is 15.9. The average molecular weight is 477 g/mol. The Hall–Kier alpha value is -3.02. The van der Waals surface area contributed by atoms with Gasteiger partial charge in [0.15, 0.2) is 5.17 Å². The third-order valence-electron chi connectivity index (χ3n) is 5.07. The molecular formula is C27H25ClN2O2S. The van der Waals surface area contributed by atoms with Gasteiger partial charge in [-0.3, -0.25) is 9.69 Å². The molecule has 33 heavy (non-hydrogen) atoms. The van der Waals surface area contributed by atoms with E-state index in [1.165, 1.54) is 11.8 Å². The molecule has 1 aliphatic heterocycles. The van der Waals surface area contributed by atoms with Crippen LogP contribution in [0.4, 0.5) is 11.4 Å². The topological polar surface area (TPSA) is 41.9 Å². The van der Waals surface area contributed by atoms with E-state index in [4.69, 9.17) is 21.3 Å². The minimum atomic E-state index is -0.114. The van der Waals surface area contributed by atoms with Crippen molar-refractivity contribution in [3.63, 3.8) is 0 Å². The van der Waals surface area contributed by atoms with Gasteiger partial charge in [-0.1, -0.05) is 60.0 Å². The lowest BCUT2D eigenvalue weighted by molar-refractivity contribution is -0.113. The lowest BCUT2D eigenvalue weighted by Crippen LogP contribution is -2.28. The molecule has 0 unspecified atom stereocenters. The molecule has 0 spiro atoms. The van der Waals surface area contributed by atoms with Gasteiger partial charge in [-0.15, -0.1) is 0 Å². The number of ether oxygens (including phenoxy) is 1.